The number of ether oxygens (including phenoxy) is 2. The van der Waals surface area contributed by atoms with E-state index in [2.05, 4.69) is 11.9 Å². The molecule has 33 heavy (non-hydrogen) atoms. The van der Waals surface area contributed by atoms with Gasteiger partial charge in [0.1, 0.15) is 17.9 Å². The number of hydrogen-bond acceptors (Lipinski definition) is 5. The zero-order valence-corrected chi connectivity index (χ0v) is 19.0. The monoisotopic (exact) mass is 450 g/mol. The van der Waals surface area contributed by atoms with Gasteiger partial charge >= 0.3 is 0 Å². The summed E-state index contributed by atoms with van der Waals surface area (Å²) < 4.78 is 33.2. The number of fused-ring (bicyclic) bond motifs is 1. The van der Waals surface area contributed by atoms with Gasteiger partial charge in [-0.1, -0.05) is 19.1 Å². The van der Waals surface area contributed by atoms with Crippen LogP contribution in [0.1, 0.15) is 47.7 Å². The Bertz CT molecular complexity index is 1230. The number of hydrogen-bond donors (Lipinski definition) is 0. The molecular formula is C26H27FN2O4. The molecule has 4 rings (SSSR count). The van der Waals surface area contributed by atoms with Crippen LogP contribution in [-0.4, -0.2) is 28.5 Å². The maximum Gasteiger partial charge on any atom is 0.207 e. The van der Waals surface area contributed by atoms with Crippen molar-refractivity contribution in [1.82, 2.24) is 9.55 Å². The number of nitrogens with zero attached hydrogens (tertiary/aromatic N) is 2. The number of carbonyl (C=O) groups is 1. The minimum Gasteiger partial charge on any atom is -0.487 e. The predicted molar refractivity (Wildman–Crippen MR) is 124 cm³/mol. The Morgan fingerprint density at radius 2 is 1.82 bits per heavy atom. The average Bonchev–Trinajstić information content (AvgIpc) is 3.48. The van der Waals surface area contributed by atoms with Gasteiger partial charge in [-0.25, -0.2) is 9.37 Å². The Labute approximate surface area is 191 Å². The molecule has 0 N–H and O–H groups in total. The second-order valence-electron chi connectivity index (χ2n) is 8.10. The molecule has 7 heteroatoms. The van der Waals surface area contributed by atoms with Crippen LogP contribution in [0.3, 0.4) is 0 Å². The fourth-order valence-electron chi connectivity index (χ4n) is 3.94. The van der Waals surface area contributed by atoms with Crippen molar-refractivity contribution in [3.8, 4) is 11.5 Å². The maximum absolute atomic E-state index is 13.2. The number of benzene rings is 2. The minimum atomic E-state index is -0.256. The SMILES string of the molecule is CC(=O)c1c(OCCn2cccc2)c(OCCC(C)c2ccc(F)cc2)c2ocnc2c1C. The molecule has 0 radical (unpaired) electrons. The molecule has 0 saturated carbocycles. The number of halogens is 1. The lowest BCUT2D eigenvalue weighted by Gasteiger charge is -2.19. The van der Waals surface area contributed by atoms with E-state index in [-0.39, 0.29) is 17.5 Å². The van der Waals surface area contributed by atoms with Gasteiger partial charge in [-0.15, -0.1) is 0 Å². The number of carbonyl (C=O) groups excluding carboxylic acids is 1. The highest BCUT2D eigenvalue weighted by Gasteiger charge is 2.26. The second-order valence-corrected chi connectivity index (χ2v) is 8.10. The van der Waals surface area contributed by atoms with E-state index < -0.39 is 0 Å². The molecule has 0 fully saturated rings. The third-order valence-electron chi connectivity index (χ3n) is 5.79. The van der Waals surface area contributed by atoms with Crippen LogP contribution in [-0.2, 0) is 6.54 Å². The molecule has 0 aliphatic carbocycles. The quantitative estimate of drug-likeness (QED) is 0.280. The molecule has 1 atom stereocenters. The first-order chi connectivity index (χ1) is 16.0. The van der Waals surface area contributed by atoms with Crippen LogP contribution in [0.15, 0.2) is 59.6 Å². The summed E-state index contributed by atoms with van der Waals surface area (Å²) in [4.78, 5) is 16.9. The molecule has 1 unspecified atom stereocenters. The molecule has 2 aromatic heterocycles. The van der Waals surface area contributed by atoms with Crippen molar-refractivity contribution in [2.75, 3.05) is 13.2 Å². The number of rotatable bonds is 10. The fraction of sp³-hybridized carbons (Fsp3) is 0.308. The zero-order chi connectivity index (χ0) is 23.4. The molecular weight excluding hydrogens is 423 g/mol. The Morgan fingerprint density at radius 3 is 2.52 bits per heavy atom. The Kier molecular flexibility index (Phi) is 6.77. The Morgan fingerprint density at radius 1 is 1.12 bits per heavy atom. The molecule has 2 aromatic carbocycles. The lowest BCUT2D eigenvalue weighted by Crippen LogP contribution is -2.12. The standard InChI is InChI=1S/C26H27FN2O4/c1-17(20-6-8-21(27)9-7-20)10-14-31-26-24(32-15-13-29-11-4-5-12-29)22(19(3)30)18(2)23-25(26)33-16-28-23/h4-9,11-12,16-17H,10,13-15H2,1-3H3. The van der Waals surface area contributed by atoms with E-state index >= 15 is 0 Å². The van der Waals surface area contributed by atoms with Crippen molar-refractivity contribution in [2.45, 2.75) is 39.7 Å². The first-order valence-electron chi connectivity index (χ1n) is 11.0. The normalized spacial score (nSPS) is 12.1. The molecule has 0 saturated heterocycles. The third kappa shape index (κ3) is 4.92. The van der Waals surface area contributed by atoms with E-state index in [4.69, 9.17) is 13.9 Å². The molecule has 6 nitrogen and oxygen atoms in total. The van der Waals surface area contributed by atoms with Gasteiger partial charge < -0.3 is 18.5 Å². The topological polar surface area (TPSA) is 66.5 Å². The van der Waals surface area contributed by atoms with Gasteiger partial charge in [-0.3, -0.25) is 4.79 Å². The Balaban J connectivity index is 1.59. The number of aryl methyl sites for hydroxylation is 1. The Hall–Kier alpha value is -3.61. The second kappa shape index (κ2) is 9.90. The summed E-state index contributed by atoms with van der Waals surface area (Å²) in [6, 6.07) is 10.4. The van der Waals surface area contributed by atoms with E-state index in [1.807, 2.05) is 36.0 Å². The van der Waals surface area contributed by atoms with E-state index in [0.717, 1.165) is 5.56 Å². The van der Waals surface area contributed by atoms with Crippen LogP contribution in [0.25, 0.3) is 11.1 Å². The van der Waals surface area contributed by atoms with Crippen LogP contribution in [0, 0.1) is 12.7 Å². The van der Waals surface area contributed by atoms with Gasteiger partial charge in [0.25, 0.3) is 0 Å². The highest BCUT2D eigenvalue weighted by atomic mass is 19.1. The summed E-state index contributed by atoms with van der Waals surface area (Å²) in [5.74, 6) is 0.542. The van der Waals surface area contributed by atoms with Crippen molar-refractivity contribution in [1.29, 1.82) is 0 Å². The van der Waals surface area contributed by atoms with E-state index in [1.165, 1.54) is 25.5 Å². The van der Waals surface area contributed by atoms with Crippen LogP contribution < -0.4 is 9.47 Å². The first-order valence-corrected chi connectivity index (χ1v) is 11.0. The number of Topliss-reactive ketones (excluding diaryl/α,β-unsaturated/α-hetero) is 1. The molecule has 172 valence electrons. The average molecular weight is 451 g/mol. The lowest BCUT2D eigenvalue weighted by atomic mass is 9.98. The van der Waals surface area contributed by atoms with E-state index in [0.29, 0.717) is 59.9 Å². The van der Waals surface area contributed by atoms with Crippen LogP contribution in [0.2, 0.25) is 0 Å². The fourth-order valence-corrected chi connectivity index (χ4v) is 3.94. The van der Waals surface area contributed by atoms with E-state index in [1.54, 1.807) is 12.1 Å². The van der Waals surface area contributed by atoms with Crippen LogP contribution >= 0.6 is 0 Å². The van der Waals surface area contributed by atoms with Crippen molar-refractivity contribution in [3.05, 3.63) is 77.7 Å². The molecule has 0 spiro atoms. The number of oxazole rings is 1. The largest absolute Gasteiger partial charge is 0.487 e. The van der Waals surface area contributed by atoms with Crippen molar-refractivity contribution in [2.24, 2.45) is 0 Å². The molecule has 0 aliphatic heterocycles. The predicted octanol–water partition coefficient (Wildman–Crippen LogP) is 5.93. The third-order valence-corrected chi connectivity index (χ3v) is 5.79. The highest BCUT2D eigenvalue weighted by molar-refractivity contribution is 6.04. The molecule has 0 bridgehead atoms. The van der Waals surface area contributed by atoms with Crippen molar-refractivity contribution < 1.29 is 23.1 Å². The van der Waals surface area contributed by atoms with Gasteiger partial charge in [0.15, 0.2) is 17.9 Å². The van der Waals surface area contributed by atoms with Gasteiger partial charge in [0.05, 0.1) is 18.7 Å². The number of aromatic nitrogens is 2. The van der Waals surface area contributed by atoms with Crippen molar-refractivity contribution >= 4 is 16.9 Å². The lowest BCUT2D eigenvalue weighted by molar-refractivity contribution is 0.101. The van der Waals surface area contributed by atoms with Crippen molar-refractivity contribution in [3.63, 3.8) is 0 Å². The summed E-state index contributed by atoms with van der Waals surface area (Å²) in [5, 5.41) is 0. The van der Waals surface area contributed by atoms with Crippen LogP contribution in [0.5, 0.6) is 11.5 Å². The smallest absolute Gasteiger partial charge is 0.207 e. The summed E-state index contributed by atoms with van der Waals surface area (Å²) in [6.07, 6.45) is 5.94. The summed E-state index contributed by atoms with van der Waals surface area (Å²) >= 11 is 0. The summed E-state index contributed by atoms with van der Waals surface area (Å²) in [7, 11) is 0. The summed E-state index contributed by atoms with van der Waals surface area (Å²) in [6.45, 7) is 6.75. The van der Waals surface area contributed by atoms with Gasteiger partial charge in [-0.2, -0.15) is 0 Å². The molecule has 4 aromatic rings. The molecule has 2 heterocycles. The van der Waals surface area contributed by atoms with Gasteiger partial charge in [-0.05, 0) is 61.6 Å². The molecule has 0 amide bonds. The number of ketones is 1. The highest BCUT2D eigenvalue weighted by Crippen LogP contribution is 2.42. The van der Waals surface area contributed by atoms with E-state index in [9.17, 15) is 9.18 Å². The zero-order valence-electron chi connectivity index (χ0n) is 19.0. The van der Waals surface area contributed by atoms with Crippen LogP contribution in [0.4, 0.5) is 4.39 Å². The molecule has 0 aliphatic rings. The van der Waals surface area contributed by atoms with Gasteiger partial charge in [0.2, 0.25) is 11.3 Å². The first kappa shape index (κ1) is 22.6. The maximum atomic E-state index is 13.2. The summed E-state index contributed by atoms with van der Waals surface area (Å²) in [5.41, 5.74) is 3.23. The van der Waals surface area contributed by atoms with Gasteiger partial charge in [0, 0.05) is 12.4 Å². The minimum absolute atomic E-state index is 0.127.